The molecule has 1 heterocycles. The van der Waals surface area contributed by atoms with Gasteiger partial charge in [0.2, 0.25) is 0 Å². The molecule has 2 unspecified atom stereocenters. The highest BCUT2D eigenvalue weighted by atomic mass is 16.5. The van der Waals surface area contributed by atoms with Gasteiger partial charge in [-0.3, -0.25) is 0 Å². The van der Waals surface area contributed by atoms with E-state index in [0.717, 1.165) is 23.3 Å². The zero-order valence-corrected chi connectivity index (χ0v) is 10.9. The molecule has 0 aliphatic carbocycles. The number of rotatable bonds is 4. The van der Waals surface area contributed by atoms with Crippen LogP contribution in [-0.2, 0) is 6.54 Å². The van der Waals surface area contributed by atoms with Crippen LogP contribution in [0, 0.1) is 0 Å². The molecule has 0 fully saturated rings. The first-order valence-corrected chi connectivity index (χ1v) is 6.06. The highest BCUT2D eigenvalue weighted by molar-refractivity contribution is 5.78. The number of nitrogens with zero attached hydrogens (tertiary/aromatic N) is 2. The van der Waals surface area contributed by atoms with Crippen molar-refractivity contribution >= 4 is 11.0 Å². The summed E-state index contributed by atoms with van der Waals surface area (Å²) in [5.74, 6) is 1.47. The molecule has 2 atom stereocenters. The first-order chi connectivity index (χ1) is 8.58. The van der Waals surface area contributed by atoms with Gasteiger partial charge in [0.25, 0.3) is 0 Å². The number of fused-ring (bicyclic) bond motifs is 1. The van der Waals surface area contributed by atoms with Crippen LogP contribution in [0.2, 0.25) is 0 Å². The highest BCUT2D eigenvalue weighted by Crippen LogP contribution is 2.25. The normalized spacial score (nSPS) is 14.7. The van der Waals surface area contributed by atoms with Crippen LogP contribution < -0.4 is 10.5 Å². The molecular weight excluding hydrogens is 230 g/mol. The summed E-state index contributed by atoms with van der Waals surface area (Å²) in [6.07, 6.45) is -0.631. The van der Waals surface area contributed by atoms with Gasteiger partial charge >= 0.3 is 0 Å². The Labute approximate surface area is 106 Å². The third kappa shape index (κ3) is 2.07. The summed E-state index contributed by atoms with van der Waals surface area (Å²) in [4.78, 5) is 4.51. The predicted octanol–water partition coefficient (Wildman–Crippen LogP) is 1.45. The third-order valence-electron chi connectivity index (χ3n) is 3.12. The molecule has 18 heavy (non-hydrogen) atoms. The minimum atomic E-state index is -0.631. The molecule has 0 amide bonds. The standard InChI is InChI=1S/C13H19N3O2/c1-4-16-11-6-5-9(18-3)7-10(11)15-13(16)12(14)8(2)17/h5-8,12,17H,4,14H2,1-3H3. The molecule has 0 spiro atoms. The van der Waals surface area contributed by atoms with E-state index in [2.05, 4.69) is 4.98 Å². The van der Waals surface area contributed by atoms with Crippen molar-refractivity contribution in [1.29, 1.82) is 0 Å². The van der Waals surface area contributed by atoms with Crippen LogP contribution in [0.1, 0.15) is 25.7 Å². The van der Waals surface area contributed by atoms with Gasteiger partial charge in [0.15, 0.2) is 0 Å². The highest BCUT2D eigenvalue weighted by Gasteiger charge is 2.20. The third-order valence-corrected chi connectivity index (χ3v) is 3.12. The van der Waals surface area contributed by atoms with E-state index in [0.29, 0.717) is 5.82 Å². The molecule has 5 heteroatoms. The number of aromatic nitrogens is 2. The number of ether oxygens (including phenoxy) is 1. The summed E-state index contributed by atoms with van der Waals surface area (Å²) in [7, 11) is 1.63. The van der Waals surface area contributed by atoms with Gasteiger partial charge in [0.1, 0.15) is 11.6 Å². The molecule has 0 saturated heterocycles. The molecule has 1 aromatic heterocycles. The van der Waals surface area contributed by atoms with Crippen molar-refractivity contribution in [3.05, 3.63) is 24.0 Å². The number of imidazole rings is 1. The van der Waals surface area contributed by atoms with Gasteiger partial charge in [-0.05, 0) is 26.0 Å². The van der Waals surface area contributed by atoms with Gasteiger partial charge in [-0.1, -0.05) is 0 Å². The first-order valence-electron chi connectivity index (χ1n) is 6.06. The molecule has 0 aliphatic heterocycles. The van der Waals surface area contributed by atoms with Gasteiger partial charge in [-0.2, -0.15) is 0 Å². The Hall–Kier alpha value is -1.59. The van der Waals surface area contributed by atoms with Crippen molar-refractivity contribution in [3.8, 4) is 5.75 Å². The van der Waals surface area contributed by atoms with Crippen molar-refractivity contribution in [2.45, 2.75) is 32.5 Å². The Bertz CT molecular complexity index is 548. The second-order valence-electron chi connectivity index (χ2n) is 4.34. The van der Waals surface area contributed by atoms with Gasteiger partial charge in [0.05, 0.1) is 30.3 Å². The van der Waals surface area contributed by atoms with Crippen molar-refractivity contribution < 1.29 is 9.84 Å². The van der Waals surface area contributed by atoms with Crippen molar-refractivity contribution in [3.63, 3.8) is 0 Å². The molecular formula is C13H19N3O2. The number of aliphatic hydroxyl groups is 1. The smallest absolute Gasteiger partial charge is 0.129 e. The lowest BCUT2D eigenvalue weighted by Crippen LogP contribution is -2.26. The molecule has 0 aliphatic rings. The maximum absolute atomic E-state index is 9.62. The lowest BCUT2D eigenvalue weighted by atomic mass is 10.2. The molecule has 2 aromatic rings. The van der Waals surface area contributed by atoms with Gasteiger partial charge in [-0.25, -0.2) is 4.98 Å². The summed E-state index contributed by atoms with van der Waals surface area (Å²) < 4.78 is 7.20. The van der Waals surface area contributed by atoms with Crippen LogP contribution in [0.5, 0.6) is 5.75 Å². The van der Waals surface area contributed by atoms with E-state index in [1.807, 2.05) is 29.7 Å². The van der Waals surface area contributed by atoms with E-state index in [4.69, 9.17) is 10.5 Å². The van der Waals surface area contributed by atoms with Crippen LogP contribution in [0.25, 0.3) is 11.0 Å². The number of aryl methyl sites for hydroxylation is 1. The lowest BCUT2D eigenvalue weighted by molar-refractivity contribution is 0.159. The largest absolute Gasteiger partial charge is 0.497 e. The Morgan fingerprint density at radius 2 is 2.22 bits per heavy atom. The number of methoxy groups -OCH3 is 1. The minimum absolute atomic E-state index is 0.483. The van der Waals surface area contributed by atoms with Crippen molar-refractivity contribution in [1.82, 2.24) is 9.55 Å². The topological polar surface area (TPSA) is 73.3 Å². The zero-order chi connectivity index (χ0) is 13.3. The van der Waals surface area contributed by atoms with E-state index < -0.39 is 12.1 Å². The van der Waals surface area contributed by atoms with Crippen LogP contribution in [-0.4, -0.2) is 27.9 Å². The Balaban J connectivity index is 2.60. The number of hydrogen-bond donors (Lipinski definition) is 2. The van der Waals surface area contributed by atoms with Crippen LogP contribution in [0.15, 0.2) is 18.2 Å². The van der Waals surface area contributed by atoms with Crippen LogP contribution in [0.4, 0.5) is 0 Å². The maximum atomic E-state index is 9.62. The molecule has 0 saturated carbocycles. The molecule has 3 N–H and O–H groups in total. The second kappa shape index (κ2) is 4.96. The average molecular weight is 249 g/mol. The fraction of sp³-hybridized carbons (Fsp3) is 0.462. The van der Waals surface area contributed by atoms with E-state index >= 15 is 0 Å². The van der Waals surface area contributed by atoms with Crippen LogP contribution in [0.3, 0.4) is 0 Å². The second-order valence-corrected chi connectivity index (χ2v) is 4.34. The predicted molar refractivity (Wildman–Crippen MR) is 70.6 cm³/mol. The summed E-state index contributed by atoms with van der Waals surface area (Å²) in [6.45, 7) is 4.47. The molecule has 0 bridgehead atoms. The van der Waals surface area contributed by atoms with Crippen molar-refractivity contribution in [2.75, 3.05) is 7.11 Å². The number of nitrogens with two attached hydrogens (primary N) is 1. The van der Waals surface area contributed by atoms with Crippen LogP contribution >= 0.6 is 0 Å². The molecule has 2 rings (SSSR count). The number of aliphatic hydroxyl groups excluding tert-OH is 1. The summed E-state index contributed by atoms with van der Waals surface area (Å²) >= 11 is 0. The number of hydrogen-bond acceptors (Lipinski definition) is 4. The lowest BCUT2D eigenvalue weighted by Gasteiger charge is -2.15. The van der Waals surface area contributed by atoms with E-state index in [9.17, 15) is 5.11 Å². The Kier molecular flexibility index (Phi) is 3.54. The summed E-state index contributed by atoms with van der Waals surface area (Å²) in [5.41, 5.74) is 7.82. The quantitative estimate of drug-likeness (QED) is 0.860. The fourth-order valence-corrected chi connectivity index (χ4v) is 2.06. The number of benzene rings is 1. The van der Waals surface area contributed by atoms with E-state index in [1.165, 1.54) is 0 Å². The minimum Gasteiger partial charge on any atom is -0.497 e. The molecule has 0 radical (unpaired) electrons. The summed E-state index contributed by atoms with van der Waals surface area (Å²) in [5, 5.41) is 9.62. The van der Waals surface area contributed by atoms with Gasteiger partial charge in [0, 0.05) is 12.6 Å². The first kappa shape index (κ1) is 12.9. The molecule has 98 valence electrons. The van der Waals surface area contributed by atoms with Crippen molar-refractivity contribution in [2.24, 2.45) is 5.73 Å². The van der Waals surface area contributed by atoms with E-state index in [1.54, 1.807) is 14.0 Å². The fourth-order valence-electron chi connectivity index (χ4n) is 2.06. The van der Waals surface area contributed by atoms with Gasteiger partial charge < -0.3 is 20.1 Å². The molecule has 1 aromatic carbocycles. The van der Waals surface area contributed by atoms with E-state index in [-0.39, 0.29) is 0 Å². The van der Waals surface area contributed by atoms with Gasteiger partial charge in [-0.15, -0.1) is 0 Å². The SMILES string of the molecule is CCn1c(C(N)C(C)O)nc2cc(OC)ccc21. The monoisotopic (exact) mass is 249 g/mol. The Morgan fingerprint density at radius 1 is 1.50 bits per heavy atom. The molecule has 5 nitrogen and oxygen atoms in total. The summed E-state index contributed by atoms with van der Waals surface area (Å²) in [6, 6.07) is 5.25. The maximum Gasteiger partial charge on any atom is 0.129 e. The average Bonchev–Trinajstić information content (AvgIpc) is 2.74. The Morgan fingerprint density at radius 3 is 2.78 bits per heavy atom. The zero-order valence-electron chi connectivity index (χ0n) is 10.9.